The molecule has 0 bridgehead atoms. The van der Waals surface area contributed by atoms with Crippen molar-refractivity contribution >= 4 is 242 Å². The second kappa shape index (κ2) is 47.1. The number of hydrogen-bond donors (Lipinski definition) is 8. The van der Waals surface area contributed by atoms with Crippen molar-refractivity contribution in [3.8, 4) is 22.3 Å². The predicted molar refractivity (Wildman–Crippen MR) is 512 cm³/mol. The van der Waals surface area contributed by atoms with Crippen LogP contribution in [0.4, 0.5) is 66.5 Å². The maximum absolute atomic E-state index is 14.2. The summed E-state index contributed by atoms with van der Waals surface area (Å²) in [4.78, 5) is 123. The molecule has 0 aliphatic heterocycles. The maximum atomic E-state index is 14.2. The summed E-state index contributed by atoms with van der Waals surface area (Å²) in [6.07, 6.45) is 21.1. The van der Waals surface area contributed by atoms with Gasteiger partial charge in [0.05, 0.1) is 86.3 Å². The Morgan fingerprint density at radius 3 is 1.35 bits per heavy atom. The van der Waals surface area contributed by atoms with Gasteiger partial charge >= 0.3 is 151 Å². The fourth-order valence-electron chi connectivity index (χ4n) is 11.9. The number of benzene rings is 2. The predicted octanol–water partition coefficient (Wildman–Crippen LogP) is 18.4. The summed E-state index contributed by atoms with van der Waals surface area (Å²) in [5, 5.41) is 28.9. The van der Waals surface area contributed by atoms with Crippen LogP contribution in [0, 0.1) is 34.1 Å². The molecule has 2 aromatic carbocycles. The van der Waals surface area contributed by atoms with Gasteiger partial charge in [-0.25, -0.2) is 67.4 Å². The monoisotopic (exact) mass is 2200 g/mol. The zero-order valence-corrected chi connectivity index (χ0v) is 82.9. The number of unbranched alkanes of at least 4 members (excludes halogenated alkanes) is 3. The minimum atomic E-state index is -2.37. The Labute approximate surface area is 774 Å². The molecule has 11 heterocycles. The number of halogens is 8. The number of carbonyl (C=O) groups excluding carboxylic acids is 4. The average molecular weight is 2200 g/mol. The van der Waals surface area contributed by atoms with Crippen molar-refractivity contribution in [2.45, 2.75) is 126 Å². The third-order valence-electron chi connectivity index (χ3n) is 18.4. The topological polar surface area (TPSA) is 425 Å². The standard InChI is InChI=1S/C27H23F2N9O2S.C21H16F2IN7O.C6H7BrN2OS.C6H7N2OS.C5H5BrN2OS.3C4H9.C3H3BrN2S.Sn/c1-13(23-20(15-5-4-6-16(28)9-15)26(40)38-11-17(29)7-8-19(38)36-23)35-25-21(24(31)33-12-34-25)22(30)18-10-32-27(41-18)37(3)14(2)39;1-10(29-20-16(18(24)25)19(26)27-9-28-20)17-15(11-3-2-4-12(22)7-11)21(32)31-8-13(23)5-6-14(31)30-17;1-4(10)9(2)6-8-3-5(7)11-6;1-5(9)8(2)6-7-3-4-10-6;1-3(9)8-5-7-2-4(6)10-5;3*1-3-4-2;4-2-1-6-3(5)7-2;/h4-13,30H,1-3H3,(H3,31,33,34,35);2-10,25H,1H3,(H3,26,27,28,29);3H,1-2H3;3H,1-2H3;2H,1H3,(H,7,8,9);3*1,3-4H2,2H3;1H,(H2,5,6);. The third kappa shape index (κ3) is 27.2. The van der Waals surface area contributed by atoms with Crippen LogP contribution in [0.2, 0.25) is 13.3 Å². The first-order valence-corrected chi connectivity index (χ1v) is 53.0. The summed E-state index contributed by atoms with van der Waals surface area (Å²) in [5.41, 5.74) is 18.3. The molecule has 30 nitrogen and oxygen atoms in total. The van der Waals surface area contributed by atoms with Crippen molar-refractivity contribution in [2.24, 2.45) is 0 Å². The molecule has 0 saturated heterocycles. The Balaban J connectivity index is 0.000000203. The average Bonchev–Trinajstić information content (AvgIpc) is 1.02. The van der Waals surface area contributed by atoms with Gasteiger partial charge in [0, 0.05) is 53.5 Å². The van der Waals surface area contributed by atoms with Gasteiger partial charge in [0.25, 0.3) is 11.1 Å². The smallest absolute Gasteiger partial charge is 0.181 e. The Kier molecular flexibility index (Phi) is 37.9. The number of aromatic nitrogens is 13. The second-order valence-corrected chi connectivity index (χ2v) is 51.8. The molecule has 13 rings (SSSR count). The van der Waals surface area contributed by atoms with Gasteiger partial charge in [-0.05, 0) is 144 Å². The molecule has 0 aliphatic carbocycles. The van der Waals surface area contributed by atoms with Crippen molar-refractivity contribution in [1.29, 1.82) is 10.8 Å². The van der Waals surface area contributed by atoms with E-state index in [0.717, 1.165) is 49.0 Å². The third-order valence-corrected chi connectivity index (χ3v) is 43.5. The number of rotatable bonds is 25. The summed E-state index contributed by atoms with van der Waals surface area (Å²) in [7, 11) is 5.12. The first-order chi connectivity index (χ1) is 58.9. The summed E-state index contributed by atoms with van der Waals surface area (Å²) in [5.74, 6) is -1.96. The fraction of sp³-hybridized carbons (Fsp3) is 0.287. The molecular formula is C80H88Br3F4IN24O6S5Sn. The van der Waals surface area contributed by atoms with E-state index < -0.39 is 64.8 Å². The molecule has 2 unspecified atom stereocenters. The van der Waals surface area contributed by atoms with Crippen LogP contribution in [0.15, 0.2) is 150 Å². The van der Waals surface area contributed by atoms with E-state index in [1.165, 1.54) is 196 Å². The van der Waals surface area contributed by atoms with Crippen molar-refractivity contribution in [3.05, 3.63) is 212 Å². The molecule has 2 atom stereocenters. The van der Waals surface area contributed by atoms with Crippen LogP contribution in [-0.4, -0.2) is 136 Å². The van der Waals surface area contributed by atoms with E-state index in [4.69, 9.17) is 28.0 Å². The minimum absolute atomic E-state index is 0.00755. The van der Waals surface area contributed by atoms with Gasteiger partial charge in [-0.15, -0.1) is 0 Å². The number of thiazole rings is 5. The largest absolute Gasteiger partial charge is 0.375 e. The van der Waals surface area contributed by atoms with Gasteiger partial charge < -0.3 is 33.2 Å². The molecule has 654 valence electrons. The number of pyridine rings is 2. The number of amides is 4. The zero-order chi connectivity index (χ0) is 91.0. The van der Waals surface area contributed by atoms with E-state index in [1.807, 2.05) is 18.4 Å². The van der Waals surface area contributed by atoms with Crippen LogP contribution in [0.5, 0.6) is 0 Å². The Hall–Kier alpha value is -9.62. The van der Waals surface area contributed by atoms with Crippen LogP contribution < -0.4 is 61.9 Å². The number of nitrogens with two attached hydrogens (primary N) is 3. The van der Waals surface area contributed by atoms with Crippen LogP contribution in [-0.2, 0) is 19.2 Å². The van der Waals surface area contributed by atoms with Gasteiger partial charge in [-0.1, -0.05) is 69.6 Å². The van der Waals surface area contributed by atoms with Crippen LogP contribution >= 0.6 is 127 Å². The van der Waals surface area contributed by atoms with Gasteiger partial charge in [0.1, 0.15) is 74.2 Å². The summed E-state index contributed by atoms with van der Waals surface area (Å²) < 4.78 is 67.1. The zero-order valence-electron chi connectivity index (χ0n) is 69.0. The molecule has 44 heteroatoms. The van der Waals surface area contributed by atoms with Crippen molar-refractivity contribution < 1.29 is 36.7 Å². The van der Waals surface area contributed by atoms with Gasteiger partial charge in [0.15, 0.2) is 20.5 Å². The number of anilines is 9. The minimum Gasteiger partial charge on any atom is -0.375 e. The first-order valence-electron chi connectivity index (χ1n) is 37.9. The first kappa shape index (κ1) is 99.8. The number of nitrogens with one attached hydrogen (secondary N) is 5. The van der Waals surface area contributed by atoms with Gasteiger partial charge in [-0.2, -0.15) is 0 Å². The summed E-state index contributed by atoms with van der Waals surface area (Å²) in [6.45, 7) is 16.3. The van der Waals surface area contributed by atoms with Crippen LogP contribution in [0.1, 0.15) is 140 Å². The number of carbonyl (C=O) groups is 4. The fourth-order valence-corrected chi connectivity index (χ4v) is 36.3. The number of fused-ring (bicyclic) bond motifs is 2. The van der Waals surface area contributed by atoms with Gasteiger partial charge in [-0.3, -0.25) is 53.4 Å². The summed E-state index contributed by atoms with van der Waals surface area (Å²) in [6, 6.07) is 14.8. The van der Waals surface area contributed by atoms with Gasteiger partial charge in [0.2, 0.25) is 17.7 Å². The molecule has 0 aliphatic rings. The van der Waals surface area contributed by atoms with E-state index in [2.05, 4.69) is 146 Å². The molecule has 124 heavy (non-hydrogen) atoms. The van der Waals surface area contributed by atoms with Crippen molar-refractivity contribution in [3.63, 3.8) is 0 Å². The van der Waals surface area contributed by atoms with E-state index >= 15 is 0 Å². The number of nitrogens with zero attached hydrogens (tertiary/aromatic N) is 16. The van der Waals surface area contributed by atoms with Crippen LogP contribution in [0.25, 0.3) is 33.5 Å². The molecule has 0 fully saturated rings. The number of nitrogen functional groups attached to an aromatic ring is 3. The molecular weight excluding hydrogens is 2110 g/mol. The Morgan fingerprint density at radius 2 is 0.952 bits per heavy atom. The summed E-state index contributed by atoms with van der Waals surface area (Å²) >= 11 is 16.3. The maximum Gasteiger partial charge on any atom is 0.181 e. The van der Waals surface area contributed by atoms with Crippen molar-refractivity contribution in [1.82, 2.24) is 63.6 Å². The Bertz CT molecular complexity index is 6040. The molecule has 11 N–H and O–H groups in total. The molecule has 4 amide bonds. The second-order valence-electron chi connectivity index (χ2n) is 27.4. The normalized spacial score (nSPS) is 11.3. The van der Waals surface area contributed by atoms with E-state index in [-0.39, 0.29) is 95.6 Å². The quantitative estimate of drug-likeness (QED) is 0.0114. The molecule has 13 aromatic rings. The van der Waals surface area contributed by atoms with E-state index in [1.54, 1.807) is 96.0 Å². The Morgan fingerprint density at radius 1 is 0.532 bits per heavy atom. The van der Waals surface area contributed by atoms with E-state index in [0.29, 0.717) is 42.2 Å². The molecule has 0 saturated carbocycles. The molecule has 11 aromatic heterocycles. The molecule has 0 radical (unpaired) electrons. The SMILES string of the molecule is CC(=O)N(C)c1ncc(Br)s1.CC(=O)N(C)c1ncc(C(=N)c2c(N)ncnc2NC(C)c2nc3ccc(F)cn3c(=O)c2-c2cccc(F)c2)s1.CC(=O)Nc1ncc(Br)s1.CC(Nc1ncnc(N)c1C(=N)I)c1nc2ccc(F)cn2c(=O)c1-c1cccc(F)c1.CCC[CH2][Sn]([CH2]CCC)([CH2]CCC)[c]1cnc(N(C)C(C)=O)s1.Nc1ncc(Br)s1. The van der Waals surface area contributed by atoms with E-state index in [9.17, 15) is 46.3 Å². The van der Waals surface area contributed by atoms with Crippen LogP contribution in [0.3, 0.4) is 0 Å². The van der Waals surface area contributed by atoms with Crippen molar-refractivity contribution in [2.75, 3.05) is 69.0 Å². The molecule has 0 spiro atoms. The number of hydrogen-bond acceptors (Lipinski definition) is 29.